The number of nitrogens with zero attached hydrogens (tertiary/aromatic N) is 2. The number of benzene rings is 2. The molecule has 0 spiro atoms. The van der Waals surface area contributed by atoms with Gasteiger partial charge < -0.3 is 20.1 Å². The van der Waals surface area contributed by atoms with Gasteiger partial charge in [-0.05, 0) is 50.2 Å². The Morgan fingerprint density at radius 2 is 1.65 bits per heavy atom. The van der Waals surface area contributed by atoms with Gasteiger partial charge in [0.05, 0.1) is 11.8 Å². The minimum atomic E-state index is -1.06. The lowest BCUT2D eigenvalue weighted by atomic mass is 10.2. The van der Waals surface area contributed by atoms with Crippen molar-refractivity contribution in [1.82, 2.24) is 9.55 Å². The van der Waals surface area contributed by atoms with Gasteiger partial charge in [-0.1, -0.05) is 0 Å². The van der Waals surface area contributed by atoms with Gasteiger partial charge in [0, 0.05) is 43.2 Å². The van der Waals surface area contributed by atoms with Crippen molar-refractivity contribution in [2.75, 3.05) is 10.6 Å². The highest BCUT2D eigenvalue weighted by atomic mass is 19.1. The Bertz CT molecular complexity index is 1640. The van der Waals surface area contributed by atoms with Crippen LogP contribution in [0.5, 0.6) is 17.2 Å². The van der Waals surface area contributed by atoms with E-state index in [1.807, 2.05) is 0 Å². The molecule has 2 N–H and O–H groups in total. The fourth-order valence-corrected chi connectivity index (χ4v) is 3.62. The molecular formula is C28H23F3N4O5. The standard InChI is InChI=1S/C28H23F3N4O5/c1-15(2)39-23-9-11-35(18-6-4-17(29)5-7-18)28(38)26(23)27(37)34-22-13-21(31)24(14-20(22)30)40-19-8-10-32-25(12-19)33-16(3)36/h4-15H,1-3H3,(H,34,37)(H,32,33,36). The smallest absolute Gasteiger partial charge is 0.271 e. The molecule has 40 heavy (non-hydrogen) atoms. The second-order valence-electron chi connectivity index (χ2n) is 8.75. The van der Waals surface area contributed by atoms with Crippen LogP contribution < -0.4 is 25.7 Å². The Morgan fingerprint density at radius 3 is 2.33 bits per heavy atom. The third-order valence-corrected chi connectivity index (χ3v) is 5.28. The van der Waals surface area contributed by atoms with E-state index in [9.17, 15) is 27.6 Å². The van der Waals surface area contributed by atoms with Crippen LogP contribution in [0.1, 0.15) is 31.1 Å². The second kappa shape index (κ2) is 11.7. The summed E-state index contributed by atoms with van der Waals surface area (Å²) in [5.41, 5.74) is -1.58. The zero-order valence-electron chi connectivity index (χ0n) is 21.5. The van der Waals surface area contributed by atoms with Crippen LogP contribution in [0.3, 0.4) is 0 Å². The van der Waals surface area contributed by atoms with E-state index in [-0.39, 0.29) is 28.9 Å². The predicted octanol–water partition coefficient (Wildman–Crippen LogP) is 5.44. The molecule has 0 aliphatic rings. The van der Waals surface area contributed by atoms with E-state index in [4.69, 9.17) is 9.47 Å². The third kappa shape index (κ3) is 6.46. The topological polar surface area (TPSA) is 112 Å². The molecule has 0 radical (unpaired) electrons. The SMILES string of the molecule is CC(=O)Nc1cc(Oc2cc(F)c(NC(=O)c3c(OC(C)C)ccn(-c4ccc(F)cc4)c3=O)cc2F)ccn1. The largest absolute Gasteiger partial charge is 0.490 e. The highest BCUT2D eigenvalue weighted by molar-refractivity contribution is 6.06. The summed E-state index contributed by atoms with van der Waals surface area (Å²) in [6.07, 6.45) is 2.24. The Hall–Kier alpha value is -5.13. The average molecular weight is 553 g/mol. The zero-order chi connectivity index (χ0) is 29.0. The van der Waals surface area contributed by atoms with E-state index in [1.54, 1.807) is 13.8 Å². The molecule has 0 saturated carbocycles. The number of carbonyl (C=O) groups excluding carboxylic acids is 2. The van der Waals surface area contributed by atoms with Gasteiger partial charge in [-0.25, -0.2) is 18.2 Å². The third-order valence-electron chi connectivity index (χ3n) is 5.28. The molecule has 4 rings (SSSR count). The van der Waals surface area contributed by atoms with Crippen molar-refractivity contribution < 1.29 is 32.2 Å². The van der Waals surface area contributed by atoms with Crippen molar-refractivity contribution in [1.29, 1.82) is 0 Å². The summed E-state index contributed by atoms with van der Waals surface area (Å²) in [5.74, 6) is -4.41. The van der Waals surface area contributed by atoms with Crippen LogP contribution in [0.4, 0.5) is 24.7 Å². The van der Waals surface area contributed by atoms with E-state index in [1.165, 1.54) is 49.6 Å². The van der Waals surface area contributed by atoms with Gasteiger partial charge in [0.2, 0.25) is 5.91 Å². The van der Waals surface area contributed by atoms with Crippen molar-refractivity contribution in [2.24, 2.45) is 0 Å². The highest BCUT2D eigenvalue weighted by Crippen LogP contribution is 2.30. The number of amides is 2. The molecule has 2 aromatic carbocycles. The van der Waals surface area contributed by atoms with Crippen LogP contribution in [-0.2, 0) is 4.79 Å². The molecule has 12 heteroatoms. The molecule has 9 nitrogen and oxygen atoms in total. The average Bonchev–Trinajstić information content (AvgIpc) is 2.87. The number of rotatable bonds is 8. The fourth-order valence-electron chi connectivity index (χ4n) is 3.62. The number of halogens is 3. The van der Waals surface area contributed by atoms with Crippen LogP contribution in [0, 0.1) is 17.5 Å². The lowest BCUT2D eigenvalue weighted by Crippen LogP contribution is -2.30. The summed E-state index contributed by atoms with van der Waals surface area (Å²) in [5, 5.41) is 4.65. The highest BCUT2D eigenvalue weighted by Gasteiger charge is 2.23. The Labute approximate surface area is 226 Å². The van der Waals surface area contributed by atoms with Gasteiger partial charge in [-0.3, -0.25) is 19.0 Å². The van der Waals surface area contributed by atoms with Crippen molar-refractivity contribution in [2.45, 2.75) is 26.9 Å². The molecule has 0 aliphatic heterocycles. The maximum absolute atomic E-state index is 15.0. The second-order valence-corrected chi connectivity index (χ2v) is 8.75. The van der Waals surface area contributed by atoms with Crippen molar-refractivity contribution in [3.63, 3.8) is 0 Å². The van der Waals surface area contributed by atoms with Gasteiger partial charge in [-0.15, -0.1) is 0 Å². The van der Waals surface area contributed by atoms with Gasteiger partial charge in [0.15, 0.2) is 17.4 Å². The summed E-state index contributed by atoms with van der Waals surface area (Å²) in [4.78, 5) is 41.7. The van der Waals surface area contributed by atoms with E-state index in [0.717, 1.165) is 22.8 Å². The summed E-state index contributed by atoms with van der Waals surface area (Å²) in [7, 11) is 0. The molecule has 2 aromatic heterocycles. The first-order valence-corrected chi connectivity index (χ1v) is 11.9. The van der Waals surface area contributed by atoms with Crippen LogP contribution >= 0.6 is 0 Å². The number of carbonyl (C=O) groups is 2. The monoisotopic (exact) mass is 552 g/mol. The molecule has 0 fully saturated rings. The van der Waals surface area contributed by atoms with E-state index < -0.39 is 52.0 Å². The Kier molecular flexibility index (Phi) is 8.18. The van der Waals surface area contributed by atoms with Crippen molar-refractivity contribution in [3.8, 4) is 22.9 Å². The van der Waals surface area contributed by atoms with Gasteiger partial charge >= 0.3 is 0 Å². The van der Waals surface area contributed by atoms with Crippen LogP contribution in [-0.4, -0.2) is 27.5 Å². The summed E-state index contributed by atoms with van der Waals surface area (Å²) in [6, 6.07) is 10.5. The number of ether oxygens (including phenoxy) is 2. The molecule has 0 aliphatic carbocycles. The number of hydrogen-bond acceptors (Lipinski definition) is 6. The molecule has 0 atom stereocenters. The quantitative estimate of drug-likeness (QED) is 0.301. The zero-order valence-corrected chi connectivity index (χ0v) is 21.5. The molecule has 4 aromatic rings. The van der Waals surface area contributed by atoms with Crippen LogP contribution in [0.2, 0.25) is 0 Å². The van der Waals surface area contributed by atoms with Crippen molar-refractivity contribution in [3.05, 3.63) is 100 Å². The Balaban J connectivity index is 1.64. The maximum Gasteiger partial charge on any atom is 0.271 e. The first-order valence-electron chi connectivity index (χ1n) is 11.9. The van der Waals surface area contributed by atoms with Gasteiger partial charge in [-0.2, -0.15) is 0 Å². The molecule has 2 heterocycles. The number of pyridine rings is 2. The molecular weight excluding hydrogens is 529 g/mol. The number of anilines is 2. The molecule has 0 unspecified atom stereocenters. The summed E-state index contributed by atoms with van der Waals surface area (Å²) < 4.78 is 55.3. The van der Waals surface area contributed by atoms with Gasteiger partial charge in [0.25, 0.3) is 11.5 Å². The van der Waals surface area contributed by atoms with Crippen LogP contribution in [0.15, 0.2) is 71.8 Å². The Morgan fingerprint density at radius 1 is 0.925 bits per heavy atom. The van der Waals surface area contributed by atoms with Crippen LogP contribution in [0.25, 0.3) is 5.69 Å². The molecule has 0 saturated heterocycles. The number of nitrogens with one attached hydrogen (secondary N) is 2. The molecule has 0 bridgehead atoms. The maximum atomic E-state index is 15.0. The first-order chi connectivity index (χ1) is 19.0. The fraction of sp³-hybridized carbons (Fsp3) is 0.143. The minimum absolute atomic E-state index is 0.0648. The normalized spacial score (nSPS) is 10.8. The summed E-state index contributed by atoms with van der Waals surface area (Å²) in [6.45, 7) is 4.65. The lowest BCUT2D eigenvalue weighted by Gasteiger charge is -2.16. The van der Waals surface area contributed by atoms with Gasteiger partial charge in [0.1, 0.15) is 28.7 Å². The molecule has 206 valence electrons. The molecule has 2 amide bonds. The first kappa shape index (κ1) is 27.9. The minimum Gasteiger partial charge on any atom is -0.490 e. The predicted molar refractivity (Wildman–Crippen MR) is 141 cm³/mol. The van der Waals surface area contributed by atoms with Crippen molar-refractivity contribution >= 4 is 23.3 Å². The summed E-state index contributed by atoms with van der Waals surface area (Å²) >= 11 is 0. The lowest BCUT2D eigenvalue weighted by molar-refractivity contribution is -0.114. The van der Waals surface area contributed by atoms with E-state index in [2.05, 4.69) is 15.6 Å². The van der Waals surface area contributed by atoms with E-state index >= 15 is 0 Å². The number of aromatic nitrogens is 2. The number of hydrogen-bond donors (Lipinski definition) is 2. The van der Waals surface area contributed by atoms with E-state index in [0.29, 0.717) is 6.07 Å².